The first-order valence-corrected chi connectivity index (χ1v) is 6.76. The van der Waals surface area contributed by atoms with Crippen LogP contribution < -0.4 is 0 Å². The van der Waals surface area contributed by atoms with Gasteiger partial charge in [-0.3, -0.25) is 4.90 Å². The molecule has 2 atom stereocenters. The normalized spacial score (nSPS) is 29.6. The van der Waals surface area contributed by atoms with Gasteiger partial charge >= 0.3 is 0 Å². The number of rotatable bonds is 5. The zero-order valence-corrected chi connectivity index (χ0v) is 11.0. The van der Waals surface area contributed by atoms with Crippen LogP contribution in [0, 0.1) is 0 Å². The van der Waals surface area contributed by atoms with Crippen LogP contribution in [-0.2, 0) is 4.74 Å². The van der Waals surface area contributed by atoms with Crippen molar-refractivity contribution in [1.82, 2.24) is 9.80 Å². The van der Waals surface area contributed by atoms with Gasteiger partial charge in [0.15, 0.2) is 0 Å². The second kappa shape index (κ2) is 5.48. The van der Waals surface area contributed by atoms with E-state index in [1.165, 1.54) is 19.3 Å². The molecule has 1 aliphatic heterocycles. The number of hydrogen-bond acceptors (Lipinski definition) is 3. The fourth-order valence-corrected chi connectivity index (χ4v) is 2.50. The van der Waals surface area contributed by atoms with Gasteiger partial charge in [0.2, 0.25) is 0 Å². The molecule has 94 valence electrons. The first-order valence-electron chi connectivity index (χ1n) is 6.76. The topological polar surface area (TPSA) is 15.7 Å². The molecule has 0 radical (unpaired) electrons. The van der Waals surface area contributed by atoms with Gasteiger partial charge in [0.25, 0.3) is 0 Å². The summed E-state index contributed by atoms with van der Waals surface area (Å²) < 4.78 is 5.87. The van der Waals surface area contributed by atoms with Crippen molar-refractivity contribution >= 4 is 0 Å². The Bertz CT molecular complexity index is 218. The van der Waals surface area contributed by atoms with Crippen LogP contribution in [0.1, 0.15) is 33.1 Å². The summed E-state index contributed by atoms with van der Waals surface area (Å²) in [5.41, 5.74) is 0. The minimum atomic E-state index is 0.424. The molecule has 0 aromatic heterocycles. The third-order valence-electron chi connectivity index (χ3n) is 4.05. The van der Waals surface area contributed by atoms with E-state index in [0.29, 0.717) is 12.1 Å². The SMILES string of the molecule is CCC(C)N1CCO[C@H](CN(C)C2CC2)C1. The lowest BCUT2D eigenvalue weighted by molar-refractivity contribution is -0.0527. The molecule has 1 unspecified atom stereocenters. The highest BCUT2D eigenvalue weighted by atomic mass is 16.5. The second-order valence-corrected chi connectivity index (χ2v) is 5.42. The monoisotopic (exact) mass is 226 g/mol. The quantitative estimate of drug-likeness (QED) is 0.708. The predicted octanol–water partition coefficient (Wildman–Crippen LogP) is 1.58. The van der Waals surface area contributed by atoms with Crippen molar-refractivity contribution in [3.8, 4) is 0 Å². The van der Waals surface area contributed by atoms with Crippen molar-refractivity contribution in [3.05, 3.63) is 0 Å². The number of hydrogen-bond donors (Lipinski definition) is 0. The molecule has 2 fully saturated rings. The van der Waals surface area contributed by atoms with Gasteiger partial charge in [-0.1, -0.05) is 6.92 Å². The summed E-state index contributed by atoms with van der Waals surface area (Å²) in [5, 5.41) is 0. The van der Waals surface area contributed by atoms with Crippen LogP contribution in [0.2, 0.25) is 0 Å². The van der Waals surface area contributed by atoms with E-state index in [0.717, 1.165) is 32.3 Å². The standard InChI is InChI=1S/C13H26N2O/c1-4-11(2)15-7-8-16-13(10-15)9-14(3)12-5-6-12/h11-13H,4-10H2,1-3H3/t11?,13-/m1/s1. The number of nitrogens with zero attached hydrogens (tertiary/aromatic N) is 2. The van der Waals surface area contributed by atoms with E-state index in [1.807, 2.05) is 0 Å². The lowest BCUT2D eigenvalue weighted by Crippen LogP contribution is -2.50. The van der Waals surface area contributed by atoms with Crippen molar-refractivity contribution < 1.29 is 4.74 Å². The van der Waals surface area contributed by atoms with Gasteiger partial charge < -0.3 is 9.64 Å². The molecular formula is C13H26N2O. The summed E-state index contributed by atoms with van der Waals surface area (Å²) in [7, 11) is 2.24. The molecule has 0 aromatic rings. The molecule has 16 heavy (non-hydrogen) atoms. The predicted molar refractivity (Wildman–Crippen MR) is 66.7 cm³/mol. The van der Waals surface area contributed by atoms with Crippen molar-refractivity contribution in [2.24, 2.45) is 0 Å². The highest BCUT2D eigenvalue weighted by Gasteiger charge is 2.30. The molecule has 0 N–H and O–H groups in total. The van der Waals surface area contributed by atoms with Crippen molar-refractivity contribution in [2.45, 2.75) is 51.3 Å². The molecule has 0 amide bonds. The van der Waals surface area contributed by atoms with E-state index in [4.69, 9.17) is 4.74 Å². The first kappa shape index (κ1) is 12.3. The zero-order chi connectivity index (χ0) is 11.5. The molecule has 3 heteroatoms. The first-order chi connectivity index (χ1) is 7.70. The third kappa shape index (κ3) is 3.19. The largest absolute Gasteiger partial charge is 0.374 e. The van der Waals surface area contributed by atoms with Crippen LogP contribution in [0.25, 0.3) is 0 Å². The van der Waals surface area contributed by atoms with E-state index in [-0.39, 0.29) is 0 Å². The molecule has 0 bridgehead atoms. The Morgan fingerprint density at radius 1 is 1.44 bits per heavy atom. The Kier molecular flexibility index (Phi) is 4.22. The summed E-state index contributed by atoms with van der Waals surface area (Å²) in [4.78, 5) is 5.06. The average Bonchev–Trinajstić information content (AvgIpc) is 3.12. The Morgan fingerprint density at radius 2 is 2.19 bits per heavy atom. The summed E-state index contributed by atoms with van der Waals surface area (Å²) in [6.45, 7) is 8.84. The molecule has 3 nitrogen and oxygen atoms in total. The van der Waals surface area contributed by atoms with E-state index in [9.17, 15) is 0 Å². The number of likely N-dealkylation sites (N-methyl/N-ethyl adjacent to an activating group) is 1. The zero-order valence-electron chi connectivity index (χ0n) is 11.0. The van der Waals surface area contributed by atoms with Gasteiger partial charge in [0.1, 0.15) is 0 Å². The van der Waals surface area contributed by atoms with Gasteiger partial charge in [-0.2, -0.15) is 0 Å². The maximum absolute atomic E-state index is 5.87. The molecule has 1 saturated carbocycles. The molecule has 0 aromatic carbocycles. The fraction of sp³-hybridized carbons (Fsp3) is 1.00. The van der Waals surface area contributed by atoms with Crippen molar-refractivity contribution in [1.29, 1.82) is 0 Å². The maximum atomic E-state index is 5.87. The summed E-state index contributed by atoms with van der Waals surface area (Å²) in [5.74, 6) is 0. The third-order valence-corrected chi connectivity index (χ3v) is 4.05. The Labute approximate surface area is 99.7 Å². The average molecular weight is 226 g/mol. The van der Waals surface area contributed by atoms with Gasteiger partial charge in [0, 0.05) is 31.7 Å². The Hall–Kier alpha value is -0.120. The molecule has 1 aliphatic carbocycles. The van der Waals surface area contributed by atoms with Crippen molar-refractivity contribution in [3.63, 3.8) is 0 Å². The highest BCUT2D eigenvalue weighted by Crippen LogP contribution is 2.26. The van der Waals surface area contributed by atoms with Crippen molar-refractivity contribution in [2.75, 3.05) is 33.3 Å². The lowest BCUT2D eigenvalue weighted by Gasteiger charge is -2.38. The minimum absolute atomic E-state index is 0.424. The minimum Gasteiger partial charge on any atom is -0.374 e. The van der Waals surface area contributed by atoms with E-state index >= 15 is 0 Å². The van der Waals surface area contributed by atoms with Crippen LogP contribution in [0.5, 0.6) is 0 Å². The molecule has 0 spiro atoms. The van der Waals surface area contributed by atoms with Gasteiger partial charge in [-0.25, -0.2) is 0 Å². The smallest absolute Gasteiger partial charge is 0.0829 e. The maximum Gasteiger partial charge on any atom is 0.0829 e. The Balaban J connectivity index is 1.76. The molecule has 2 aliphatic rings. The van der Waals surface area contributed by atoms with Gasteiger partial charge in [-0.05, 0) is 33.2 Å². The molecule has 1 saturated heterocycles. The van der Waals surface area contributed by atoms with Crippen LogP contribution in [0.4, 0.5) is 0 Å². The van der Waals surface area contributed by atoms with Gasteiger partial charge in [-0.15, -0.1) is 0 Å². The van der Waals surface area contributed by atoms with Crippen LogP contribution in [0.15, 0.2) is 0 Å². The second-order valence-electron chi connectivity index (χ2n) is 5.42. The summed E-state index contributed by atoms with van der Waals surface area (Å²) >= 11 is 0. The Morgan fingerprint density at radius 3 is 2.81 bits per heavy atom. The van der Waals surface area contributed by atoms with Gasteiger partial charge in [0.05, 0.1) is 12.7 Å². The fourth-order valence-electron chi connectivity index (χ4n) is 2.50. The van der Waals surface area contributed by atoms with E-state index < -0.39 is 0 Å². The van der Waals surface area contributed by atoms with E-state index in [2.05, 4.69) is 30.7 Å². The van der Waals surface area contributed by atoms with E-state index in [1.54, 1.807) is 0 Å². The molecular weight excluding hydrogens is 200 g/mol. The lowest BCUT2D eigenvalue weighted by atomic mass is 10.1. The number of ether oxygens (including phenoxy) is 1. The van der Waals surface area contributed by atoms with Crippen LogP contribution >= 0.6 is 0 Å². The molecule has 2 rings (SSSR count). The summed E-state index contributed by atoms with van der Waals surface area (Å²) in [6.07, 6.45) is 4.44. The highest BCUT2D eigenvalue weighted by molar-refractivity contribution is 4.85. The number of morpholine rings is 1. The van der Waals surface area contributed by atoms with Crippen LogP contribution in [0.3, 0.4) is 0 Å². The van der Waals surface area contributed by atoms with Crippen LogP contribution in [-0.4, -0.2) is 61.3 Å². The molecule has 1 heterocycles. The summed E-state index contributed by atoms with van der Waals surface area (Å²) in [6, 6.07) is 1.56.